The number of nitrogens with two attached hydrogens (primary N) is 1. The molecular weight excluding hydrogens is 238 g/mol. The standard InChI is InChI=1S/C11H15N3O2S/c1-2-3-11(17(12,15)16)8-4-5-9-7-13-14-10(9)6-8/h4-7,11H,2-3H2,1H3,(H,13,14)(H2,12,15,16). The molecule has 0 aliphatic carbocycles. The van der Waals surface area contributed by atoms with Crippen LogP contribution in [-0.2, 0) is 10.0 Å². The number of H-pyrrole nitrogens is 1. The molecule has 1 heterocycles. The SMILES string of the molecule is CCCC(c1ccc2cn[nH]c2c1)S(N)(=O)=O. The zero-order chi connectivity index (χ0) is 12.5. The third kappa shape index (κ3) is 2.48. The monoisotopic (exact) mass is 253 g/mol. The van der Waals surface area contributed by atoms with E-state index in [4.69, 9.17) is 5.14 Å². The van der Waals surface area contributed by atoms with Gasteiger partial charge in [-0.15, -0.1) is 0 Å². The second-order valence-corrected chi connectivity index (χ2v) is 5.83. The fourth-order valence-corrected chi connectivity index (χ4v) is 3.03. The zero-order valence-electron chi connectivity index (χ0n) is 9.55. The van der Waals surface area contributed by atoms with Crippen molar-refractivity contribution in [2.24, 2.45) is 5.14 Å². The second-order valence-electron chi connectivity index (χ2n) is 4.08. The molecule has 2 rings (SSSR count). The zero-order valence-corrected chi connectivity index (χ0v) is 10.4. The third-order valence-corrected chi connectivity index (χ3v) is 4.09. The average molecular weight is 253 g/mol. The van der Waals surface area contributed by atoms with Crippen LogP contribution in [0.25, 0.3) is 10.9 Å². The van der Waals surface area contributed by atoms with Crippen molar-refractivity contribution in [1.82, 2.24) is 10.2 Å². The Bertz CT molecular complexity index is 618. The lowest BCUT2D eigenvalue weighted by Gasteiger charge is -2.14. The Labute approximate surface area is 100 Å². The van der Waals surface area contributed by atoms with Gasteiger partial charge in [-0.05, 0) is 18.1 Å². The lowest BCUT2D eigenvalue weighted by molar-refractivity contribution is 0.575. The Morgan fingerprint density at radius 2 is 2.24 bits per heavy atom. The van der Waals surface area contributed by atoms with Crippen LogP contribution in [0.3, 0.4) is 0 Å². The van der Waals surface area contributed by atoms with E-state index in [0.29, 0.717) is 12.0 Å². The first-order valence-corrected chi connectivity index (χ1v) is 7.08. The summed E-state index contributed by atoms with van der Waals surface area (Å²) in [5, 5.41) is 12.3. The van der Waals surface area contributed by atoms with Gasteiger partial charge < -0.3 is 0 Å². The minimum atomic E-state index is -3.57. The topological polar surface area (TPSA) is 88.8 Å². The van der Waals surface area contributed by atoms with Crippen LogP contribution in [0.15, 0.2) is 24.4 Å². The Morgan fingerprint density at radius 3 is 2.88 bits per heavy atom. The Morgan fingerprint density at radius 1 is 1.47 bits per heavy atom. The number of fused-ring (bicyclic) bond motifs is 1. The Hall–Kier alpha value is -1.40. The van der Waals surface area contributed by atoms with Crippen LogP contribution in [0.1, 0.15) is 30.6 Å². The van der Waals surface area contributed by atoms with E-state index < -0.39 is 15.3 Å². The number of nitrogens with one attached hydrogen (secondary N) is 1. The van der Waals surface area contributed by atoms with E-state index in [9.17, 15) is 8.42 Å². The largest absolute Gasteiger partial charge is 0.278 e. The molecule has 0 aliphatic heterocycles. The lowest BCUT2D eigenvalue weighted by Crippen LogP contribution is -2.21. The second kappa shape index (κ2) is 4.46. The highest BCUT2D eigenvalue weighted by atomic mass is 32.2. The van der Waals surface area contributed by atoms with Gasteiger partial charge in [-0.2, -0.15) is 5.10 Å². The van der Waals surface area contributed by atoms with Crippen molar-refractivity contribution >= 4 is 20.9 Å². The summed E-state index contributed by atoms with van der Waals surface area (Å²) in [7, 11) is -3.57. The molecule has 0 saturated heterocycles. The summed E-state index contributed by atoms with van der Waals surface area (Å²) in [6.07, 6.45) is 2.99. The van der Waals surface area contributed by atoms with E-state index in [0.717, 1.165) is 17.3 Å². The molecule has 0 fully saturated rings. The van der Waals surface area contributed by atoms with Crippen LogP contribution in [-0.4, -0.2) is 18.6 Å². The molecule has 92 valence electrons. The van der Waals surface area contributed by atoms with Gasteiger partial charge in [0.1, 0.15) is 5.25 Å². The van der Waals surface area contributed by atoms with E-state index in [1.807, 2.05) is 13.0 Å². The maximum absolute atomic E-state index is 11.5. The number of hydrogen-bond donors (Lipinski definition) is 2. The molecule has 1 unspecified atom stereocenters. The van der Waals surface area contributed by atoms with Crippen molar-refractivity contribution in [3.8, 4) is 0 Å². The first-order chi connectivity index (χ1) is 8.02. The van der Waals surface area contributed by atoms with Crippen molar-refractivity contribution in [2.45, 2.75) is 25.0 Å². The van der Waals surface area contributed by atoms with E-state index in [1.165, 1.54) is 0 Å². The molecule has 0 amide bonds. The number of hydrogen-bond acceptors (Lipinski definition) is 3. The minimum Gasteiger partial charge on any atom is -0.278 e. The molecule has 1 aromatic carbocycles. The smallest absolute Gasteiger partial charge is 0.216 e. The normalized spacial score (nSPS) is 14.0. The summed E-state index contributed by atoms with van der Waals surface area (Å²) in [6.45, 7) is 1.94. The minimum absolute atomic E-state index is 0.526. The van der Waals surface area contributed by atoms with Crippen molar-refractivity contribution in [3.05, 3.63) is 30.0 Å². The molecule has 2 aromatic rings. The first kappa shape index (κ1) is 12.1. The molecule has 3 N–H and O–H groups in total. The average Bonchev–Trinajstić information content (AvgIpc) is 2.71. The summed E-state index contributed by atoms with van der Waals surface area (Å²) in [4.78, 5) is 0. The summed E-state index contributed by atoms with van der Waals surface area (Å²) in [5.74, 6) is 0. The molecule has 0 bridgehead atoms. The summed E-state index contributed by atoms with van der Waals surface area (Å²) in [5.41, 5.74) is 1.54. The van der Waals surface area contributed by atoms with Gasteiger partial charge >= 0.3 is 0 Å². The Balaban J connectivity index is 2.48. The fourth-order valence-electron chi connectivity index (χ4n) is 1.94. The lowest BCUT2D eigenvalue weighted by atomic mass is 10.1. The maximum atomic E-state index is 11.5. The van der Waals surface area contributed by atoms with Crippen LogP contribution in [0.2, 0.25) is 0 Å². The van der Waals surface area contributed by atoms with Crippen LogP contribution in [0.5, 0.6) is 0 Å². The van der Waals surface area contributed by atoms with Crippen LogP contribution in [0.4, 0.5) is 0 Å². The number of benzene rings is 1. The number of aromatic amines is 1. The highest BCUT2D eigenvalue weighted by Gasteiger charge is 2.22. The molecule has 17 heavy (non-hydrogen) atoms. The number of aromatic nitrogens is 2. The number of rotatable bonds is 4. The van der Waals surface area contributed by atoms with E-state index >= 15 is 0 Å². The van der Waals surface area contributed by atoms with Crippen LogP contribution < -0.4 is 5.14 Å². The van der Waals surface area contributed by atoms with Crippen molar-refractivity contribution in [1.29, 1.82) is 0 Å². The van der Waals surface area contributed by atoms with Gasteiger partial charge in [-0.1, -0.05) is 25.5 Å². The molecule has 5 nitrogen and oxygen atoms in total. The van der Waals surface area contributed by atoms with Gasteiger partial charge in [0.25, 0.3) is 0 Å². The fraction of sp³-hybridized carbons (Fsp3) is 0.364. The third-order valence-electron chi connectivity index (χ3n) is 2.79. The molecule has 0 radical (unpaired) electrons. The number of sulfonamides is 1. The summed E-state index contributed by atoms with van der Waals surface area (Å²) < 4.78 is 23.1. The van der Waals surface area contributed by atoms with Crippen LogP contribution >= 0.6 is 0 Å². The first-order valence-electron chi connectivity index (χ1n) is 5.47. The number of primary sulfonamides is 1. The molecule has 1 atom stereocenters. The predicted octanol–water partition coefficient (Wildman–Crippen LogP) is 1.69. The van der Waals surface area contributed by atoms with E-state index in [2.05, 4.69) is 10.2 Å². The van der Waals surface area contributed by atoms with Crippen molar-refractivity contribution in [3.63, 3.8) is 0 Å². The van der Waals surface area contributed by atoms with Gasteiger partial charge in [0.15, 0.2) is 0 Å². The molecule has 6 heteroatoms. The van der Waals surface area contributed by atoms with E-state index in [1.54, 1.807) is 18.3 Å². The molecule has 0 spiro atoms. The number of nitrogens with zero attached hydrogens (tertiary/aromatic N) is 1. The summed E-state index contributed by atoms with van der Waals surface area (Å²) >= 11 is 0. The van der Waals surface area contributed by atoms with Gasteiger partial charge in [-0.3, -0.25) is 5.10 Å². The van der Waals surface area contributed by atoms with Gasteiger partial charge in [0.05, 0.1) is 11.7 Å². The molecule has 0 aliphatic rings. The van der Waals surface area contributed by atoms with Crippen molar-refractivity contribution < 1.29 is 8.42 Å². The van der Waals surface area contributed by atoms with Gasteiger partial charge in [-0.25, -0.2) is 13.6 Å². The predicted molar refractivity (Wildman–Crippen MR) is 66.8 cm³/mol. The van der Waals surface area contributed by atoms with Crippen molar-refractivity contribution in [2.75, 3.05) is 0 Å². The van der Waals surface area contributed by atoms with Crippen LogP contribution in [0, 0.1) is 0 Å². The Kier molecular flexibility index (Phi) is 3.17. The van der Waals surface area contributed by atoms with Gasteiger partial charge in [0.2, 0.25) is 10.0 Å². The molecular formula is C11H15N3O2S. The maximum Gasteiger partial charge on any atom is 0.216 e. The quantitative estimate of drug-likeness (QED) is 0.869. The summed E-state index contributed by atoms with van der Waals surface area (Å²) in [6, 6.07) is 5.44. The molecule has 1 aromatic heterocycles. The molecule has 0 saturated carbocycles. The highest BCUT2D eigenvalue weighted by Crippen LogP contribution is 2.27. The highest BCUT2D eigenvalue weighted by molar-refractivity contribution is 7.89. The van der Waals surface area contributed by atoms with E-state index in [-0.39, 0.29) is 0 Å². The van der Waals surface area contributed by atoms with Gasteiger partial charge in [0, 0.05) is 5.39 Å².